The van der Waals surface area contributed by atoms with Crippen molar-refractivity contribution in [1.82, 2.24) is 0 Å². The molecule has 8 heteroatoms. The van der Waals surface area contributed by atoms with Crippen LogP contribution in [0.15, 0.2) is 53.7 Å². The number of ketones is 1. The molecule has 0 spiro atoms. The van der Waals surface area contributed by atoms with Gasteiger partial charge in [-0.05, 0) is 25.1 Å². The summed E-state index contributed by atoms with van der Waals surface area (Å²) in [7, 11) is 2.41. The molecule has 156 valence electrons. The standard InChI is InChI=1S/C22H20ClNO6/c1-13-4-6-14(7-5-13)20(25)15-8-9-17(23)18(10-15)24-12-30-11-16(21(26)28-2)19(24)22(27)29-3/h4-10H,11-12H2,1-3H3. The Balaban J connectivity index is 2.08. The lowest BCUT2D eigenvalue weighted by Gasteiger charge is -2.32. The Kier molecular flexibility index (Phi) is 6.54. The van der Waals surface area contributed by atoms with Crippen LogP contribution >= 0.6 is 11.6 Å². The fourth-order valence-electron chi connectivity index (χ4n) is 3.07. The second-order valence-corrected chi connectivity index (χ2v) is 6.98. The Morgan fingerprint density at radius 3 is 2.23 bits per heavy atom. The zero-order chi connectivity index (χ0) is 21.8. The topological polar surface area (TPSA) is 82.1 Å². The number of benzene rings is 2. The first kappa shape index (κ1) is 21.5. The average molecular weight is 430 g/mol. The fraction of sp³-hybridized carbons (Fsp3) is 0.227. The maximum atomic E-state index is 12.9. The molecule has 1 heterocycles. The number of hydrogen-bond donors (Lipinski definition) is 0. The average Bonchev–Trinajstić information content (AvgIpc) is 2.77. The number of rotatable bonds is 5. The molecule has 2 aromatic carbocycles. The fourth-order valence-corrected chi connectivity index (χ4v) is 3.29. The van der Waals surface area contributed by atoms with E-state index in [2.05, 4.69) is 0 Å². The van der Waals surface area contributed by atoms with E-state index in [0.717, 1.165) is 5.56 Å². The second kappa shape index (κ2) is 9.11. The maximum absolute atomic E-state index is 12.9. The van der Waals surface area contributed by atoms with Gasteiger partial charge in [0.05, 0.1) is 37.1 Å². The molecular formula is C22H20ClNO6. The van der Waals surface area contributed by atoms with Crippen LogP contribution in [0.5, 0.6) is 0 Å². The SMILES string of the molecule is COC(=O)C1=C(C(=O)OC)N(c2cc(C(=O)c3ccc(C)cc3)ccc2Cl)COC1. The molecule has 30 heavy (non-hydrogen) atoms. The lowest BCUT2D eigenvalue weighted by Crippen LogP contribution is -2.39. The van der Waals surface area contributed by atoms with Crippen LogP contribution < -0.4 is 4.90 Å². The highest BCUT2D eigenvalue weighted by Crippen LogP contribution is 2.33. The molecule has 1 aliphatic heterocycles. The van der Waals surface area contributed by atoms with Crippen LogP contribution in [0.3, 0.4) is 0 Å². The van der Waals surface area contributed by atoms with E-state index in [-0.39, 0.29) is 35.4 Å². The number of carbonyl (C=O) groups excluding carboxylic acids is 3. The molecule has 0 radical (unpaired) electrons. The van der Waals surface area contributed by atoms with E-state index in [9.17, 15) is 14.4 Å². The highest BCUT2D eigenvalue weighted by atomic mass is 35.5. The molecule has 0 saturated heterocycles. The quantitative estimate of drug-likeness (QED) is 0.532. The molecule has 2 aromatic rings. The number of anilines is 1. The number of hydrogen-bond acceptors (Lipinski definition) is 7. The van der Waals surface area contributed by atoms with Gasteiger partial charge < -0.3 is 19.1 Å². The predicted octanol–water partition coefficient (Wildman–Crippen LogP) is 3.27. The summed E-state index contributed by atoms with van der Waals surface area (Å²) in [6, 6.07) is 11.9. The van der Waals surface area contributed by atoms with E-state index in [1.165, 1.54) is 19.1 Å². The highest BCUT2D eigenvalue weighted by molar-refractivity contribution is 6.33. The summed E-state index contributed by atoms with van der Waals surface area (Å²) < 4.78 is 15.1. The normalized spacial score (nSPS) is 13.8. The molecule has 0 fully saturated rings. The molecule has 7 nitrogen and oxygen atoms in total. The number of methoxy groups -OCH3 is 2. The minimum absolute atomic E-state index is 0.00179. The first-order chi connectivity index (χ1) is 14.4. The summed E-state index contributed by atoms with van der Waals surface area (Å²) in [6.07, 6.45) is 0. The van der Waals surface area contributed by atoms with Gasteiger partial charge in [0.2, 0.25) is 0 Å². The van der Waals surface area contributed by atoms with Crippen molar-refractivity contribution in [3.05, 3.63) is 75.4 Å². The third kappa shape index (κ3) is 4.22. The molecule has 0 amide bonds. The van der Waals surface area contributed by atoms with Crippen LogP contribution in [-0.4, -0.2) is 45.3 Å². The molecule has 0 saturated carbocycles. The minimum atomic E-state index is -0.745. The van der Waals surface area contributed by atoms with Gasteiger partial charge in [0.25, 0.3) is 0 Å². The van der Waals surface area contributed by atoms with Gasteiger partial charge in [0.15, 0.2) is 5.78 Å². The lowest BCUT2D eigenvalue weighted by atomic mass is 10.0. The van der Waals surface area contributed by atoms with Crippen molar-refractivity contribution >= 4 is 35.0 Å². The minimum Gasteiger partial charge on any atom is -0.466 e. The van der Waals surface area contributed by atoms with Gasteiger partial charge in [-0.1, -0.05) is 41.4 Å². The molecular weight excluding hydrogens is 410 g/mol. The highest BCUT2D eigenvalue weighted by Gasteiger charge is 2.33. The van der Waals surface area contributed by atoms with Gasteiger partial charge in [-0.15, -0.1) is 0 Å². The Labute approximate surface area is 178 Å². The summed E-state index contributed by atoms with van der Waals surface area (Å²) in [5, 5.41) is 0.270. The van der Waals surface area contributed by atoms with E-state index in [4.69, 9.17) is 25.8 Å². The first-order valence-electron chi connectivity index (χ1n) is 9.03. The van der Waals surface area contributed by atoms with Gasteiger partial charge in [-0.2, -0.15) is 0 Å². The monoisotopic (exact) mass is 429 g/mol. The number of aryl methyl sites for hydroxylation is 1. The van der Waals surface area contributed by atoms with Crippen LogP contribution in [0.4, 0.5) is 5.69 Å². The predicted molar refractivity (Wildman–Crippen MR) is 110 cm³/mol. The van der Waals surface area contributed by atoms with Crippen molar-refractivity contribution < 1.29 is 28.6 Å². The van der Waals surface area contributed by atoms with Crippen molar-refractivity contribution in [1.29, 1.82) is 0 Å². The maximum Gasteiger partial charge on any atom is 0.355 e. The number of ether oxygens (including phenoxy) is 3. The molecule has 0 unspecified atom stereocenters. The molecule has 0 atom stereocenters. The van der Waals surface area contributed by atoms with E-state index < -0.39 is 11.9 Å². The summed E-state index contributed by atoms with van der Waals surface area (Å²) in [5.41, 5.74) is 2.21. The lowest BCUT2D eigenvalue weighted by molar-refractivity contribution is -0.140. The van der Waals surface area contributed by atoms with Gasteiger partial charge >= 0.3 is 11.9 Å². The van der Waals surface area contributed by atoms with Crippen LogP contribution in [0.25, 0.3) is 0 Å². The van der Waals surface area contributed by atoms with Gasteiger partial charge in [-0.25, -0.2) is 9.59 Å². The third-order valence-electron chi connectivity index (χ3n) is 4.65. The molecule has 0 N–H and O–H groups in total. The molecule has 0 bridgehead atoms. The molecule has 1 aliphatic rings. The Morgan fingerprint density at radius 1 is 0.967 bits per heavy atom. The van der Waals surface area contributed by atoms with Crippen molar-refractivity contribution in [3.8, 4) is 0 Å². The van der Waals surface area contributed by atoms with Crippen molar-refractivity contribution in [2.45, 2.75) is 6.92 Å². The molecule has 3 rings (SSSR count). The second-order valence-electron chi connectivity index (χ2n) is 6.58. The third-order valence-corrected chi connectivity index (χ3v) is 4.97. The van der Waals surface area contributed by atoms with Crippen LogP contribution in [0.2, 0.25) is 5.02 Å². The Bertz CT molecular complexity index is 1030. The van der Waals surface area contributed by atoms with Crippen molar-refractivity contribution in [3.63, 3.8) is 0 Å². The summed E-state index contributed by atoms with van der Waals surface area (Å²) in [6.45, 7) is 1.75. The number of nitrogens with zero attached hydrogens (tertiary/aromatic N) is 1. The largest absolute Gasteiger partial charge is 0.466 e. The number of carbonyl (C=O) groups is 3. The molecule has 0 aliphatic carbocycles. The van der Waals surface area contributed by atoms with E-state index in [1.54, 1.807) is 30.3 Å². The van der Waals surface area contributed by atoms with Crippen LogP contribution in [0.1, 0.15) is 21.5 Å². The zero-order valence-electron chi connectivity index (χ0n) is 16.7. The van der Waals surface area contributed by atoms with E-state index >= 15 is 0 Å². The summed E-state index contributed by atoms with van der Waals surface area (Å²) in [5.74, 6) is -1.67. The van der Waals surface area contributed by atoms with Crippen LogP contribution in [0, 0.1) is 6.92 Å². The smallest absolute Gasteiger partial charge is 0.355 e. The number of esters is 2. The van der Waals surface area contributed by atoms with Gasteiger partial charge in [0, 0.05) is 11.1 Å². The van der Waals surface area contributed by atoms with Gasteiger partial charge in [-0.3, -0.25) is 4.79 Å². The number of halogens is 1. The van der Waals surface area contributed by atoms with Gasteiger partial charge in [0.1, 0.15) is 12.4 Å². The first-order valence-corrected chi connectivity index (χ1v) is 9.41. The van der Waals surface area contributed by atoms with Crippen molar-refractivity contribution in [2.75, 3.05) is 32.5 Å². The van der Waals surface area contributed by atoms with Crippen LogP contribution in [-0.2, 0) is 23.8 Å². The van der Waals surface area contributed by atoms with Crippen molar-refractivity contribution in [2.24, 2.45) is 0 Å². The van der Waals surface area contributed by atoms with E-state index in [0.29, 0.717) is 16.8 Å². The zero-order valence-corrected chi connectivity index (χ0v) is 17.5. The Morgan fingerprint density at radius 2 is 1.60 bits per heavy atom. The summed E-state index contributed by atoms with van der Waals surface area (Å²) >= 11 is 6.38. The summed E-state index contributed by atoms with van der Waals surface area (Å²) in [4.78, 5) is 39.0. The molecule has 0 aromatic heterocycles. The van der Waals surface area contributed by atoms with E-state index in [1.807, 2.05) is 19.1 Å². The Hall–Kier alpha value is -3.16.